The molecule has 0 bridgehead atoms. The van der Waals surface area contributed by atoms with E-state index in [0.29, 0.717) is 93.8 Å². The van der Waals surface area contributed by atoms with Crippen LogP contribution in [0, 0.1) is 16.6 Å². The summed E-state index contributed by atoms with van der Waals surface area (Å²) in [5.74, 6) is 0.137. The van der Waals surface area contributed by atoms with E-state index in [-0.39, 0.29) is 36.3 Å². The number of amides is 1. The van der Waals surface area contributed by atoms with Crippen LogP contribution in [0.5, 0.6) is 11.5 Å². The third-order valence-electron chi connectivity index (χ3n) is 8.98. The Hall–Kier alpha value is -4.65. The molecule has 0 aliphatic rings. The molecule has 3 rings (SSSR count). The Kier molecular flexibility index (Phi) is 25.8. The standard InChI is InChI=1S/C40H54FN3O7S.C7H15NO4/c1-38(2,3)51-37(47)40(6,7)28-39(4,5)19-9-8-10-29-26-32(14-17-34(29)41)50-31-12-15-33(16-13-31)52-44-35-18-11-30(27-43-35)36(46)42-20-22-48-24-25-49-23-21-45;1-8-2-3-11-4-5-12-6-7(9)10/h11-18,21,26-27H,8-10,19-20,22-25,28H2,1-7H3,(H,42,46)(H,43,44);8H,2-6H2,1H3,(H,9,10). The molecule has 1 heterocycles. The number of esters is 1. The first kappa shape index (κ1) is 55.5. The Balaban J connectivity index is 0.00000102. The van der Waals surface area contributed by atoms with E-state index in [1.54, 1.807) is 24.3 Å². The van der Waals surface area contributed by atoms with Gasteiger partial charge in [0.1, 0.15) is 48.2 Å². The number of ether oxygens (including phenoxy) is 6. The molecule has 15 nitrogen and oxygen atoms in total. The van der Waals surface area contributed by atoms with Crippen LogP contribution in [-0.2, 0) is 44.5 Å². The maximum Gasteiger partial charge on any atom is 0.329 e. The van der Waals surface area contributed by atoms with Crippen molar-refractivity contribution in [2.45, 2.75) is 91.1 Å². The summed E-state index contributed by atoms with van der Waals surface area (Å²) in [5, 5.41) is 13.9. The number of halogens is 1. The van der Waals surface area contributed by atoms with Crippen LogP contribution >= 0.6 is 11.9 Å². The van der Waals surface area contributed by atoms with Crippen molar-refractivity contribution in [3.63, 3.8) is 0 Å². The van der Waals surface area contributed by atoms with Gasteiger partial charge < -0.3 is 53.7 Å². The molecule has 0 aliphatic heterocycles. The zero-order valence-corrected chi connectivity index (χ0v) is 39.5. The molecule has 0 atom stereocenters. The SMILES string of the molecule is CC(C)(CCCCc1cc(Oc2ccc(SNc3ccc(C(=O)NCCOCCOCC=O)cn3)cc2)ccc1F)CC(C)(C)C(=O)OC(C)(C)C.CNCCOCCOCC(=O)O. The maximum atomic E-state index is 14.7. The van der Waals surface area contributed by atoms with Crippen LogP contribution in [0.15, 0.2) is 65.7 Å². The number of hydrogen-bond acceptors (Lipinski definition) is 14. The molecular formula is C47H69FN4O11S. The molecule has 0 fully saturated rings. The molecule has 0 aliphatic carbocycles. The third-order valence-corrected chi connectivity index (χ3v) is 9.80. The number of carboxylic acids is 1. The fraction of sp³-hybridized carbons (Fsp3) is 0.553. The van der Waals surface area contributed by atoms with E-state index in [4.69, 9.17) is 33.5 Å². The first-order valence-corrected chi connectivity index (χ1v) is 22.2. The van der Waals surface area contributed by atoms with E-state index in [1.165, 1.54) is 24.2 Å². The van der Waals surface area contributed by atoms with Crippen molar-refractivity contribution < 1.29 is 57.1 Å². The molecule has 356 valence electrons. The number of pyridine rings is 1. The molecule has 0 saturated carbocycles. The van der Waals surface area contributed by atoms with Gasteiger partial charge in [0.25, 0.3) is 5.91 Å². The minimum atomic E-state index is -0.953. The molecule has 1 aromatic heterocycles. The van der Waals surface area contributed by atoms with Crippen LogP contribution in [0.4, 0.5) is 10.2 Å². The van der Waals surface area contributed by atoms with E-state index in [9.17, 15) is 23.6 Å². The smallest absolute Gasteiger partial charge is 0.329 e. The first-order chi connectivity index (χ1) is 30.3. The van der Waals surface area contributed by atoms with E-state index < -0.39 is 17.0 Å². The highest BCUT2D eigenvalue weighted by Crippen LogP contribution is 2.39. The monoisotopic (exact) mass is 916 g/mol. The van der Waals surface area contributed by atoms with Crippen molar-refractivity contribution in [3.05, 3.63) is 77.7 Å². The Morgan fingerprint density at radius 3 is 2.09 bits per heavy atom. The van der Waals surface area contributed by atoms with Crippen molar-refractivity contribution >= 4 is 41.9 Å². The predicted molar refractivity (Wildman–Crippen MR) is 245 cm³/mol. The zero-order valence-electron chi connectivity index (χ0n) is 38.7. The molecule has 17 heteroatoms. The highest BCUT2D eigenvalue weighted by atomic mass is 32.2. The van der Waals surface area contributed by atoms with Gasteiger partial charge in [-0.25, -0.2) is 14.2 Å². The number of carboxylic acid groups (broad SMARTS) is 1. The number of likely N-dealkylation sites (N-methyl/N-ethyl adjacent to an activating group) is 1. The normalized spacial score (nSPS) is 11.6. The summed E-state index contributed by atoms with van der Waals surface area (Å²) in [6.07, 6.45) is 6.10. The van der Waals surface area contributed by atoms with E-state index in [2.05, 4.69) is 34.2 Å². The van der Waals surface area contributed by atoms with Gasteiger partial charge in [0, 0.05) is 24.2 Å². The van der Waals surface area contributed by atoms with Crippen LogP contribution in [0.1, 0.15) is 90.1 Å². The second-order valence-electron chi connectivity index (χ2n) is 17.2. The predicted octanol–water partition coefficient (Wildman–Crippen LogP) is 7.91. The number of carbonyl (C=O) groups is 4. The van der Waals surface area contributed by atoms with Crippen LogP contribution in [0.2, 0.25) is 0 Å². The number of unbranched alkanes of at least 4 members (excludes halogenated alkanes) is 1. The highest BCUT2D eigenvalue weighted by Gasteiger charge is 2.37. The average molecular weight is 917 g/mol. The quantitative estimate of drug-likeness (QED) is 0.0218. The summed E-state index contributed by atoms with van der Waals surface area (Å²) in [6, 6.07) is 15.7. The molecular weight excluding hydrogens is 848 g/mol. The number of carbonyl (C=O) groups excluding carboxylic acids is 3. The van der Waals surface area contributed by atoms with Gasteiger partial charge in [-0.1, -0.05) is 20.3 Å². The number of nitrogens with one attached hydrogen (secondary N) is 3. The fourth-order valence-corrected chi connectivity index (χ4v) is 6.77. The van der Waals surface area contributed by atoms with E-state index in [0.717, 1.165) is 30.7 Å². The van der Waals surface area contributed by atoms with Crippen molar-refractivity contribution in [2.24, 2.45) is 10.8 Å². The zero-order chi connectivity index (χ0) is 47.4. The van der Waals surface area contributed by atoms with Gasteiger partial charge in [0.2, 0.25) is 0 Å². The molecule has 64 heavy (non-hydrogen) atoms. The van der Waals surface area contributed by atoms with Crippen molar-refractivity contribution in [1.29, 1.82) is 0 Å². The number of rotatable bonds is 30. The molecule has 0 saturated heterocycles. The lowest BCUT2D eigenvalue weighted by Crippen LogP contribution is -2.36. The minimum Gasteiger partial charge on any atom is -0.480 e. The summed E-state index contributed by atoms with van der Waals surface area (Å²) < 4.78 is 49.7. The number of nitrogens with zero attached hydrogens (tertiary/aromatic N) is 1. The largest absolute Gasteiger partial charge is 0.480 e. The van der Waals surface area contributed by atoms with Crippen LogP contribution < -0.4 is 20.1 Å². The van der Waals surface area contributed by atoms with E-state index >= 15 is 0 Å². The Morgan fingerprint density at radius 1 is 0.812 bits per heavy atom. The van der Waals surface area contributed by atoms with Gasteiger partial charge in [0.15, 0.2) is 0 Å². The molecule has 4 N–H and O–H groups in total. The summed E-state index contributed by atoms with van der Waals surface area (Å²) in [4.78, 5) is 50.5. The van der Waals surface area contributed by atoms with Crippen molar-refractivity contribution in [2.75, 3.05) is 77.7 Å². The number of hydrogen-bond donors (Lipinski definition) is 4. The lowest BCUT2D eigenvalue weighted by molar-refractivity contribution is -0.167. The van der Waals surface area contributed by atoms with Gasteiger partial charge in [-0.15, -0.1) is 0 Å². The molecule has 0 radical (unpaired) electrons. The molecule has 0 spiro atoms. The first-order valence-electron chi connectivity index (χ1n) is 21.4. The van der Waals surface area contributed by atoms with Gasteiger partial charge in [0.05, 0.1) is 50.6 Å². The number of anilines is 1. The minimum absolute atomic E-state index is 0.0426. The lowest BCUT2D eigenvalue weighted by atomic mass is 9.72. The second-order valence-corrected chi connectivity index (χ2v) is 18.0. The van der Waals surface area contributed by atoms with Crippen LogP contribution in [0.3, 0.4) is 0 Å². The van der Waals surface area contributed by atoms with Gasteiger partial charge in [-0.2, -0.15) is 0 Å². The Morgan fingerprint density at radius 2 is 1.47 bits per heavy atom. The van der Waals surface area contributed by atoms with Crippen LogP contribution in [0.25, 0.3) is 0 Å². The van der Waals surface area contributed by atoms with Gasteiger partial charge in [-0.05, 0) is 145 Å². The molecule has 2 aromatic carbocycles. The number of aldehydes is 1. The average Bonchev–Trinajstić information content (AvgIpc) is 3.23. The topological polar surface area (TPSA) is 193 Å². The third kappa shape index (κ3) is 25.0. The fourth-order valence-electron chi connectivity index (χ4n) is 6.15. The van der Waals surface area contributed by atoms with Crippen molar-refractivity contribution in [3.8, 4) is 11.5 Å². The molecule has 1 amide bonds. The molecule has 3 aromatic rings. The highest BCUT2D eigenvalue weighted by molar-refractivity contribution is 8.00. The van der Waals surface area contributed by atoms with Gasteiger partial charge >= 0.3 is 11.9 Å². The maximum absolute atomic E-state index is 14.7. The van der Waals surface area contributed by atoms with E-state index in [1.807, 2.05) is 65.9 Å². The number of aliphatic carboxylic acids is 1. The summed E-state index contributed by atoms with van der Waals surface area (Å²) in [5.41, 5.74) is -0.152. The number of aryl methyl sites for hydroxylation is 1. The van der Waals surface area contributed by atoms with Crippen molar-refractivity contribution in [1.82, 2.24) is 15.6 Å². The number of aromatic nitrogens is 1. The van der Waals surface area contributed by atoms with Crippen LogP contribution in [-0.4, -0.2) is 113 Å². The Bertz CT molecular complexity index is 1820. The second kappa shape index (κ2) is 29.7. The van der Waals surface area contributed by atoms with Gasteiger partial charge in [-0.3, -0.25) is 9.59 Å². The summed E-state index contributed by atoms with van der Waals surface area (Å²) in [6.45, 7) is 17.2. The summed E-state index contributed by atoms with van der Waals surface area (Å²) in [7, 11) is 1.84. The lowest BCUT2D eigenvalue weighted by Gasteiger charge is -2.35. The summed E-state index contributed by atoms with van der Waals surface area (Å²) >= 11 is 1.37. The number of benzene rings is 2. The molecule has 0 unspecified atom stereocenters. The Labute approximate surface area is 382 Å².